The Labute approximate surface area is 196 Å². The van der Waals surface area contributed by atoms with Gasteiger partial charge in [-0.2, -0.15) is 0 Å². The van der Waals surface area contributed by atoms with E-state index in [-0.39, 0.29) is 23.0 Å². The van der Waals surface area contributed by atoms with Gasteiger partial charge in [-0.25, -0.2) is 4.39 Å². The van der Waals surface area contributed by atoms with Crippen LogP contribution in [0, 0.1) is 5.82 Å². The molecule has 2 aromatic heterocycles. The molecular formula is C23H28FN5OS2. The Morgan fingerprint density at radius 1 is 1.16 bits per heavy atom. The molecule has 0 bridgehead atoms. The van der Waals surface area contributed by atoms with E-state index in [1.54, 1.807) is 23.5 Å². The minimum atomic E-state index is -0.350. The van der Waals surface area contributed by atoms with Gasteiger partial charge in [0.15, 0.2) is 11.0 Å². The lowest BCUT2D eigenvalue weighted by atomic mass is 10.1. The van der Waals surface area contributed by atoms with Gasteiger partial charge in [-0.15, -0.1) is 21.5 Å². The largest absolute Gasteiger partial charge is 0.350 e. The molecule has 2 atom stereocenters. The maximum Gasteiger partial charge on any atom is 0.233 e. The smallest absolute Gasteiger partial charge is 0.233 e. The minimum Gasteiger partial charge on any atom is -0.350 e. The second-order valence-electron chi connectivity index (χ2n) is 7.98. The zero-order valence-electron chi connectivity index (χ0n) is 18.3. The molecule has 0 saturated carbocycles. The quantitative estimate of drug-likeness (QED) is 0.476. The molecule has 1 aromatic carbocycles. The predicted octanol–water partition coefficient (Wildman–Crippen LogP) is 4.81. The van der Waals surface area contributed by atoms with Crippen molar-refractivity contribution in [3.8, 4) is 5.69 Å². The maximum absolute atomic E-state index is 13.6. The SMILES string of the molecule is C[C@H](Sc1nnc([C@H](C)N2CCCCC2)n1-c1ccc(F)cc1)C(=O)NCc1cccs1. The molecule has 1 aliphatic heterocycles. The van der Waals surface area contributed by atoms with Crippen molar-refractivity contribution in [3.05, 3.63) is 58.3 Å². The van der Waals surface area contributed by atoms with E-state index in [9.17, 15) is 9.18 Å². The molecule has 32 heavy (non-hydrogen) atoms. The number of thiophene rings is 1. The minimum absolute atomic E-state index is 0.0531. The van der Waals surface area contributed by atoms with Crippen molar-refractivity contribution in [1.29, 1.82) is 0 Å². The fourth-order valence-electron chi connectivity index (χ4n) is 3.87. The van der Waals surface area contributed by atoms with Gasteiger partial charge in [-0.05, 0) is 75.5 Å². The molecule has 3 aromatic rings. The highest BCUT2D eigenvalue weighted by molar-refractivity contribution is 8.00. The van der Waals surface area contributed by atoms with Crippen LogP contribution >= 0.6 is 23.1 Å². The average Bonchev–Trinajstić information content (AvgIpc) is 3.48. The highest BCUT2D eigenvalue weighted by Gasteiger charge is 2.27. The van der Waals surface area contributed by atoms with E-state index in [0.29, 0.717) is 11.7 Å². The van der Waals surface area contributed by atoms with E-state index in [4.69, 9.17) is 0 Å². The molecule has 1 amide bonds. The van der Waals surface area contributed by atoms with Gasteiger partial charge in [0.05, 0.1) is 17.8 Å². The summed E-state index contributed by atoms with van der Waals surface area (Å²) < 4.78 is 15.6. The van der Waals surface area contributed by atoms with E-state index in [1.165, 1.54) is 43.2 Å². The number of aromatic nitrogens is 3. The molecule has 0 aliphatic carbocycles. The van der Waals surface area contributed by atoms with Crippen LogP contribution < -0.4 is 5.32 Å². The molecule has 6 nitrogen and oxygen atoms in total. The fraction of sp³-hybridized carbons (Fsp3) is 0.435. The Bertz CT molecular complexity index is 1020. The standard InChI is InChI=1S/C23H28FN5OS2/c1-16(28-12-4-3-5-13-28)21-26-27-23(29(21)19-10-8-18(24)9-11-19)32-17(2)22(30)25-15-20-7-6-14-31-20/h6-11,14,16-17H,3-5,12-13,15H2,1-2H3,(H,25,30)/t16-,17-/m0/s1. The van der Waals surface area contributed by atoms with Crippen LogP contribution in [0.15, 0.2) is 46.9 Å². The van der Waals surface area contributed by atoms with Gasteiger partial charge in [-0.1, -0.05) is 24.2 Å². The van der Waals surface area contributed by atoms with Crippen LogP contribution in [0.4, 0.5) is 4.39 Å². The number of amides is 1. The van der Waals surface area contributed by atoms with E-state index in [2.05, 4.69) is 27.3 Å². The number of nitrogens with zero attached hydrogens (tertiary/aromatic N) is 4. The number of piperidine rings is 1. The third-order valence-electron chi connectivity index (χ3n) is 5.72. The number of hydrogen-bond donors (Lipinski definition) is 1. The van der Waals surface area contributed by atoms with Crippen molar-refractivity contribution in [2.24, 2.45) is 0 Å². The van der Waals surface area contributed by atoms with Crippen LogP contribution in [-0.2, 0) is 11.3 Å². The van der Waals surface area contributed by atoms with Crippen LogP contribution in [0.5, 0.6) is 0 Å². The van der Waals surface area contributed by atoms with E-state index < -0.39 is 0 Å². The third kappa shape index (κ3) is 5.39. The molecule has 1 fully saturated rings. The summed E-state index contributed by atoms with van der Waals surface area (Å²) in [6.45, 7) is 6.58. The topological polar surface area (TPSA) is 63.1 Å². The number of benzene rings is 1. The van der Waals surface area contributed by atoms with Crippen molar-refractivity contribution < 1.29 is 9.18 Å². The molecule has 0 unspecified atom stereocenters. The Balaban J connectivity index is 1.56. The lowest BCUT2D eigenvalue weighted by molar-refractivity contribution is -0.120. The normalized spacial score (nSPS) is 16.6. The van der Waals surface area contributed by atoms with Gasteiger partial charge in [0.2, 0.25) is 5.91 Å². The van der Waals surface area contributed by atoms with Gasteiger partial charge in [-0.3, -0.25) is 14.3 Å². The van der Waals surface area contributed by atoms with Crippen LogP contribution in [0.1, 0.15) is 49.9 Å². The second kappa shape index (κ2) is 10.6. The summed E-state index contributed by atoms with van der Waals surface area (Å²) in [5, 5.41) is 14.2. The van der Waals surface area contributed by atoms with Gasteiger partial charge < -0.3 is 5.32 Å². The number of nitrogens with one attached hydrogen (secondary N) is 1. The molecule has 0 radical (unpaired) electrons. The summed E-state index contributed by atoms with van der Waals surface area (Å²) in [4.78, 5) is 16.2. The first kappa shape index (κ1) is 22.9. The number of hydrogen-bond acceptors (Lipinski definition) is 6. The lowest BCUT2D eigenvalue weighted by Crippen LogP contribution is -2.33. The first-order chi connectivity index (χ1) is 15.5. The fourth-order valence-corrected chi connectivity index (χ4v) is 5.42. The Morgan fingerprint density at radius 3 is 2.59 bits per heavy atom. The molecule has 1 saturated heterocycles. The molecule has 0 spiro atoms. The van der Waals surface area contributed by atoms with Gasteiger partial charge in [0.1, 0.15) is 5.82 Å². The molecular weight excluding hydrogens is 445 g/mol. The highest BCUT2D eigenvalue weighted by Crippen LogP contribution is 2.31. The first-order valence-corrected chi connectivity index (χ1v) is 12.7. The lowest BCUT2D eigenvalue weighted by Gasteiger charge is -2.32. The molecule has 9 heteroatoms. The number of carbonyl (C=O) groups is 1. The van der Waals surface area contributed by atoms with E-state index in [1.807, 2.05) is 29.0 Å². The van der Waals surface area contributed by atoms with Gasteiger partial charge in [0, 0.05) is 10.6 Å². The summed E-state index contributed by atoms with van der Waals surface area (Å²) in [5.41, 5.74) is 0.795. The summed E-state index contributed by atoms with van der Waals surface area (Å²) in [7, 11) is 0. The van der Waals surface area contributed by atoms with Gasteiger partial charge >= 0.3 is 0 Å². The van der Waals surface area contributed by atoms with Crippen LogP contribution in [0.3, 0.4) is 0 Å². The van der Waals surface area contributed by atoms with Gasteiger partial charge in [0.25, 0.3) is 0 Å². The monoisotopic (exact) mass is 473 g/mol. The molecule has 1 N–H and O–H groups in total. The molecule has 170 valence electrons. The maximum atomic E-state index is 13.6. The first-order valence-electron chi connectivity index (χ1n) is 10.9. The average molecular weight is 474 g/mol. The van der Waals surface area contributed by atoms with Crippen molar-refractivity contribution in [2.75, 3.05) is 13.1 Å². The van der Waals surface area contributed by atoms with E-state index in [0.717, 1.165) is 29.5 Å². The highest BCUT2D eigenvalue weighted by atomic mass is 32.2. The number of carbonyl (C=O) groups excluding carboxylic acids is 1. The Morgan fingerprint density at radius 2 is 1.91 bits per heavy atom. The van der Waals surface area contributed by atoms with Crippen LogP contribution in [0.25, 0.3) is 5.69 Å². The third-order valence-corrected chi connectivity index (χ3v) is 7.64. The van der Waals surface area contributed by atoms with Crippen LogP contribution in [-0.4, -0.2) is 43.9 Å². The van der Waals surface area contributed by atoms with Crippen molar-refractivity contribution >= 4 is 29.0 Å². The van der Waals surface area contributed by atoms with Crippen molar-refractivity contribution in [1.82, 2.24) is 25.0 Å². The summed E-state index contributed by atoms with van der Waals surface area (Å²) in [6.07, 6.45) is 3.61. The second-order valence-corrected chi connectivity index (χ2v) is 10.3. The Hall–Kier alpha value is -2.23. The van der Waals surface area contributed by atoms with Crippen molar-refractivity contribution in [2.45, 2.75) is 56.1 Å². The molecule has 3 heterocycles. The number of likely N-dealkylation sites (tertiary alicyclic amines) is 1. The van der Waals surface area contributed by atoms with Crippen LogP contribution in [0.2, 0.25) is 0 Å². The molecule has 4 rings (SSSR count). The zero-order chi connectivity index (χ0) is 22.5. The summed E-state index contributed by atoms with van der Waals surface area (Å²) in [6, 6.07) is 10.4. The zero-order valence-corrected chi connectivity index (χ0v) is 20.0. The van der Waals surface area contributed by atoms with E-state index >= 15 is 0 Å². The summed E-state index contributed by atoms with van der Waals surface area (Å²) in [5.74, 6) is 0.470. The van der Waals surface area contributed by atoms with Crippen molar-refractivity contribution in [3.63, 3.8) is 0 Å². The number of thioether (sulfide) groups is 1. The predicted molar refractivity (Wildman–Crippen MR) is 127 cm³/mol. The number of rotatable bonds is 8. The summed E-state index contributed by atoms with van der Waals surface area (Å²) >= 11 is 2.99. The molecule has 1 aliphatic rings. The Kier molecular flexibility index (Phi) is 7.59. The number of halogens is 1.